The largest absolute Gasteiger partial charge is 0.462 e. The molecule has 0 saturated carbocycles. The highest BCUT2D eigenvalue weighted by Gasteiger charge is 2.19. The van der Waals surface area contributed by atoms with Crippen LogP contribution in [0.2, 0.25) is 0 Å². The molecule has 1 atom stereocenters. The molecule has 0 N–H and O–H groups in total. The third-order valence-electron chi connectivity index (χ3n) is 11.9. The number of allylic oxidation sites excluding steroid dienone is 12. The van der Waals surface area contributed by atoms with Crippen molar-refractivity contribution in [2.75, 3.05) is 13.2 Å². The lowest BCUT2D eigenvalue weighted by Crippen LogP contribution is -2.30. The number of carbonyl (C=O) groups is 3. The quantitative estimate of drug-likeness (QED) is 0.0262. The zero-order chi connectivity index (χ0) is 47.9. The van der Waals surface area contributed by atoms with E-state index in [1.54, 1.807) is 0 Å². The van der Waals surface area contributed by atoms with Crippen molar-refractivity contribution in [3.63, 3.8) is 0 Å². The van der Waals surface area contributed by atoms with Crippen molar-refractivity contribution in [2.45, 2.75) is 277 Å². The molecule has 1 unspecified atom stereocenters. The Morgan fingerprint density at radius 3 is 0.985 bits per heavy atom. The Hall–Kier alpha value is -3.15. The fourth-order valence-electron chi connectivity index (χ4n) is 7.72. The molecule has 0 aromatic carbocycles. The van der Waals surface area contributed by atoms with Gasteiger partial charge >= 0.3 is 17.9 Å². The maximum absolute atomic E-state index is 12.8. The third kappa shape index (κ3) is 51.8. The van der Waals surface area contributed by atoms with Crippen LogP contribution >= 0.6 is 0 Å². The summed E-state index contributed by atoms with van der Waals surface area (Å²) in [7, 11) is 0. The van der Waals surface area contributed by atoms with E-state index in [9.17, 15) is 14.4 Å². The van der Waals surface area contributed by atoms with Gasteiger partial charge in [0.25, 0.3) is 0 Å². The molecule has 0 radical (unpaired) electrons. The highest BCUT2D eigenvalue weighted by molar-refractivity contribution is 5.71. The van der Waals surface area contributed by atoms with Crippen LogP contribution in [0.15, 0.2) is 72.9 Å². The first-order chi connectivity index (χ1) is 32.5. The van der Waals surface area contributed by atoms with Gasteiger partial charge in [0, 0.05) is 19.3 Å². The maximum Gasteiger partial charge on any atom is 0.306 e. The number of unbranched alkanes of at least 4 members (excludes halogenated alkanes) is 27. The Labute approximate surface area is 408 Å². The topological polar surface area (TPSA) is 78.9 Å². The smallest absolute Gasteiger partial charge is 0.306 e. The molecule has 0 aliphatic rings. The molecule has 0 saturated heterocycles. The van der Waals surface area contributed by atoms with Crippen molar-refractivity contribution in [3.05, 3.63) is 72.9 Å². The monoisotopic (exact) mass is 921 g/mol. The average Bonchev–Trinajstić information content (AvgIpc) is 3.31. The van der Waals surface area contributed by atoms with Crippen LogP contribution in [0.25, 0.3) is 0 Å². The van der Waals surface area contributed by atoms with Gasteiger partial charge in [-0.2, -0.15) is 0 Å². The second-order valence-corrected chi connectivity index (χ2v) is 18.5. The summed E-state index contributed by atoms with van der Waals surface area (Å²) >= 11 is 0. The van der Waals surface area contributed by atoms with E-state index in [0.717, 1.165) is 96.3 Å². The predicted molar refractivity (Wildman–Crippen MR) is 284 cm³/mol. The molecule has 0 amide bonds. The third-order valence-corrected chi connectivity index (χ3v) is 11.9. The molecule has 6 nitrogen and oxygen atoms in total. The fourth-order valence-corrected chi connectivity index (χ4v) is 7.72. The SMILES string of the molecule is CC/C=C\C/C=C\C/C=C\CCCCCC(=O)OCC(COC(=O)CCCCCCCCC/C=C\CCCCCCCCC)OC(=O)CCCCCCCCC/C=C\C/C=C\CCCCC. The van der Waals surface area contributed by atoms with Crippen molar-refractivity contribution in [1.29, 1.82) is 0 Å². The van der Waals surface area contributed by atoms with Crippen molar-refractivity contribution < 1.29 is 28.6 Å². The van der Waals surface area contributed by atoms with E-state index in [1.165, 1.54) is 135 Å². The molecule has 0 heterocycles. The standard InChI is InChI=1S/C60H104O6/c1-4-7-10-13-16-19-22-25-27-29-31-32-35-38-41-44-47-50-53-59(62)65-56-57(55-64-58(61)52-49-46-43-40-37-34-24-21-18-15-12-9-6-3)66-60(63)54-51-48-45-42-39-36-33-30-28-26-23-20-17-14-11-8-5-2/h9,12,17-18,20-21,26-29,34,37,57H,4-8,10-11,13-16,19,22-25,30-33,35-36,38-56H2,1-3H3/b12-9-,20-17-,21-18-,28-26-,29-27-,37-34-. The number of ether oxygens (including phenoxy) is 3. The molecule has 66 heavy (non-hydrogen) atoms. The number of rotatable bonds is 50. The Morgan fingerprint density at radius 2 is 0.591 bits per heavy atom. The lowest BCUT2D eigenvalue weighted by atomic mass is 10.1. The van der Waals surface area contributed by atoms with Crippen molar-refractivity contribution in [2.24, 2.45) is 0 Å². The molecule has 0 aliphatic heterocycles. The number of carbonyl (C=O) groups excluding carboxylic acids is 3. The molecule has 0 aromatic rings. The summed E-state index contributed by atoms with van der Waals surface area (Å²) in [5.74, 6) is -0.927. The van der Waals surface area contributed by atoms with Crippen LogP contribution in [0.3, 0.4) is 0 Å². The minimum Gasteiger partial charge on any atom is -0.462 e. The second-order valence-electron chi connectivity index (χ2n) is 18.5. The van der Waals surface area contributed by atoms with Gasteiger partial charge in [-0.1, -0.05) is 216 Å². The van der Waals surface area contributed by atoms with Crippen molar-refractivity contribution >= 4 is 17.9 Å². The average molecular weight is 921 g/mol. The molecule has 0 aromatic heterocycles. The van der Waals surface area contributed by atoms with E-state index < -0.39 is 6.10 Å². The Bertz CT molecular complexity index is 1240. The summed E-state index contributed by atoms with van der Waals surface area (Å²) in [6.45, 7) is 6.48. The maximum atomic E-state index is 12.8. The summed E-state index contributed by atoms with van der Waals surface area (Å²) < 4.78 is 16.8. The van der Waals surface area contributed by atoms with Gasteiger partial charge in [0.15, 0.2) is 6.10 Å². The lowest BCUT2D eigenvalue weighted by Gasteiger charge is -2.18. The van der Waals surface area contributed by atoms with E-state index in [2.05, 4.69) is 93.7 Å². The minimum absolute atomic E-state index is 0.0900. The molecular formula is C60H104O6. The van der Waals surface area contributed by atoms with Crippen LogP contribution in [0, 0.1) is 0 Å². The summed E-state index contributed by atoms with van der Waals surface area (Å²) in [6.07, 6.45) is 68.9. The molecular weight excluding hydrogens is 817 g/mol. The first-order valence-corrected chi connectivity index (χ1v) is 27.9. The minimum atomic E-state index is -0.793. The Morgan fingerprint density at radius 1 is 0.318 bits per heavy atom. The van der Waals surface area contributed by atoms with E-state index in [0.29, 0.717) is 19.3 Å². The van der Waals surface area contributed by atoms with Crippen LogP contribution in [-0.4, -0.2) is 37.2 Å². The Kier molecular flexibility index (Phi) is 51.9. The number of hydrogen-bond acceptors (Lipinski definition) is 6. The van der Waals surface area contributed by atoms with Gasteiger partial charge in [0.05, 0.1) is 0 Å². The second kappa shape index (κ2) is 54.5. The summed E-state index contributed by atoms with van der Waals surface area (Å²) in [4.78, 5) is 38.1. The molecule has 6 heteroatoms. The van der Waals surface area contributed by atoms with E-state index in [4.69, 9.17) is 14.2 Å². The molecule has 0 aliphatic carbocycles. The zero-order valence-corrected chi connectivity index (χ0v) is 43.4. The van der Waals surface area contributed by atoms with E-state index >= 15 is 0 Å². The first kappa shape index (κ1) is 62.8. The lowest BCUT2D eigenvalue weighted by molar-refractivity contribution is -0.167. The zero-order valence-electron chi connectivity index (χ0n) is 43.4. The summed E-state index contributed by atoms with van der Waals surface area (Å²) in [6, 6.07) is 0. The van der Waals surface area contributed by atoms with Gasteiger partial charge < -0.3 is 14.2 Å². The normalized spacial score (nSPS) is 12.6. The molecule has 380 valence electrons. The highest BCUT2D eigenvalue weighted by Crippen LogP contribution is 2.15. The van der Waals surface area contributed by atoms with Gasteiger partial charge in [-0.05, 0) is 109 Å². The van der Waals surface area contributed by atoms with Gasteiger partial charge in [-0.25, -0.2) is 0 Å². The van der Waals surface area contributed by atoms with Crippen LogP contribution < -0.4 is 0 Å². The molecule has 0 bridgehead atoms. The first-order valence-electron chi connectivity index (χ1n) is 27.9. The molecule has 0 fully saturated rings. The van der Waals surface area contributed by atoms with E-state index in [-0.39, 0.29) is 31.1 Å². The van der Waals surface area contributed by atoms with Crippen molar-refractivity contribution in [3.8, 4) is 0 Å². The van der Waals surface area contributed by atoms with Gasteiger partial charge in [-0.3, -0.25) is 14.4 Å². The number of hydrogen-bond donors (Lipinski definition) is 0. The van der Waals surface area contributed by atoms with Gasteiger partial charge in [0.1, 0.15) is 13.2 Å². The molecule has 0 rings (SSSR count). The van der Waals surface area contributed by atoms with E-state index in [1.807, 2.05) is 0 Å². The highest BCUT2D eigenvalue weighted by atomic mass is 16.6. The predicted octanol–water partition coefficient (Wildman–Crippen LogP) is 18.6. The Balaban J connectivity index is 4.41. The fraction of sp³-hybridized carbons (Fsp3) is 0.750. The van der Waals surface area contributed by atoms with Crippen LogP contribution in [-0.2, 0) is 28.6 Å². The van der Waals surface area contributed by atoms with Crippen LogP contribution in [0.1, 0.15) is 271 Å². The van der Waals surface area contributed by atoms with Gasteiger partial charge in [0.2, 0.25) is 0 Å². The van der Waals surface area contributed by atoms with Crippen molar-refractivity contribution in [1.82, 2.24) is 0 Å². The van der Waals surface area contributed by atoms with Crippen LogP contribution in [0.4, 0.5) is 0 Å². The van der Waals surface area contributed by atoms with Gasteiger partial charge in [-0.15, -0.1) is 0 Å². The van der Waals surface area contributed by atoms with Crippen LogP contribution in [0.5, 0.6) is 0 Å². The molecule has 0 spiro atoms. The summed E-state index contributed by atoms with van der Waals surface area (Å²) in [5, 5.41) is 0. The number of esters is 3. The summed E-state index contributed by atoms with van der Waals surface area (Å²) in [5.41, 5.74) is 0.